The van der Waals surface area contributed by atoms with E-state index in [2.05, 4.69) is 26.0 Å². The first-order chi connectivity index (χ1) is 7.10. The lowest BCUT2D eigenvalue weighted by Crippen LogP contribution is -2.21. The third kappa shape index (κ3) is 3.24. The van der Waals surface area contributed by atoms with E-state index in [1.807, 2.05) is 19.1 Å². The number of hydrogen-bond donors (Lipinski definition) is 1. The molecule has 2 nitrogen and oxygen atoms in total. The van der Waals surface area contributed by atoms with E-state index in [4.69, 9.17) is 10.5 Å². The highest BCUT2D eigenvalue weighted by atomic mass is 16.5. The lowest BCUT2D eigenvalue weighted by molar-refractivity contribution is 0.338. The van der Waals surface area contributed by atoms with Gasteiger partial charge in [-0.15, -0.1) is 0 Å². The van der Waals surface area contributed by atoms with Gasteiger partial charge in [0.1, 0.15) is 5.75 Å². The van der Waals surface area contributed by atoms with E-state index in [-0.39, 0.29) is 5.41 Å². The highest BCUT2D eigenvalue weighted by molar-refractivity contribution is 5.33. The van der Waals surface area contributed by atoms with Gasteiger partial charge in [-0.2, -0.15) is 0 Å². The summed E-state index contributed by atoms with van der Waals surface area (Å²) in [5, 5.41) is 0. The normalized spacial score (nSPS) is 11.5. The lowest BCUT2D eigenvalue weighted by atomic mass is 9.81. The van der Waals surface area contributed by atoms with Crippen molar-refractivity contribution in [2.24, 2.45) is 5.73 Å². The van der Waals surface area contributed by atoms with Crippen LogP contribution in [-0.4, -0.2) is 13.2 Å². The Kier molecular flexibility index (Phi) is 4.15. The minimum absolute atomic E-state index is 0.127. The van der Waals surface area contributed by atoms with Gasteiger partial charge < -0.3 is 10.5 Å². The summed E-state index contributed by atoms with van der Waals surface area (Å²) in [6, 6.07) is 8.28. The van der Waals surface area contributed by atoms with Crippen molar-refractivity contribution in [1.29, 1.82) is 0 Å². The van der Waals surface area contributed by atoms with Crippen LogP contribution in [0.1, 0.15) is 32.8 Å². The molecular formula is C13H21NO. The SMILES string of the molecule is CCOc1cccc(C(C)(C)CCN)c1. The maximum Gasteiger partial charge on any atom is 0.119 e. The number of nitrogens with two attached hydrogens (primary N) is 1. The van der Waals surface area contributed by atoms with Gasteiger partial charge in [0.25, 0.3) is 0 Å². The van der Waals surface area contributed by atoms with Crippen LogP contribution in [0.3, 0.4) is 0 Å². The van der Waals surface area contributed by atoms with Crippen LogP contribution in [0.15, 0.2) is 24.3 Å². The second-order valence-corrected chi connectivity index (χ2v) is 4.38. The molecule has 0 spiro atoms. The van der Waals surface area contributed by atoms with E-state index in [1.165, 1.54) is 5.56 Å². The second-order valence-electron chi connectivity index (χ2n) is 4.38. The molecule has 0 heterocycles. The van der Waals surface area contributed by atoms with Gasteiger partial charge in [-0.05, 0) is 43.0 Å². The molecule has 0 unspecified atom stereocenters. The predicted molar refractivity (Wildman–Crippen MR) is 64.3 cm³/mol. The lowest BCUT2D eigenvalue weighted by Gasteiger charge is -2.25. The summed E-state index contributed by atoms with van der Waals surface area (Å²) in [6.45, 7) is 7.85. The molecule has 0 bridgehead atoms. The molecule has 1 aromatic carbocycles. The molecule has 0 aromatic heterocycles. The van der Waals surface area contributed by atoms with Crippen molar-refractivity contribution >= 4 is 0 Å². The van der Waals surface area contributed by atoms with Gasteiger partial charge >= 0.3 is 0 Å². The van der Waals surface area contributed by atoms with Crippen molar-refractivity contribution in [1.82, 2.24) is 0 Å². The predicted octanol–water partition coefficient (Wildman–Crippen LogP) is 2.71. The summed E-state index contributed by atoms with van der Waals surface area (Å²) in [7, 11) is 0. The molecule has 0 saturated carbocycles. The molecular weight excluding hydrogens is 186 g/mol. The molecule has 84 valence electrons. The summed E-state index contributed by atoms with van der Waals surface area (Å²) in [5.74, 6) is 0.945. The van der Waals surface area contributed by atoms with Crippen LogP contribution in [0, 0.1) is 0 Å². The second kappa shape index (κ2) is 5.17. The average molecular weight is 207 g/mol. The minimum atomic E-state index is 0.127. The summed E-state index contributed by atoms with van der Waals surface area (Å²) >= 11 is 0. The molecule has 0 aliphatic heterocycles. The van der Waals surface area contributed by atoms with Gasteiger partial charge in [0.15, 0.2) is 0 Å². The van der Waals surface area contributed by atoms with Crippen LogP contribution >= 0.6 is 0 Å². The molecule has 0 aliphatic rings. The zero-order valence-electron chi connectivity index (χ0n) is 9.92. The van der Waals surface area contributed by atoms with Gasteiger partial charge in [0, 0.05) is 0 Å². The first-order valence-corrected chi connectivity index (χ1v) is 5.53. The summed E-state index contributed by atoms with van der Waals surface area (Å²) in [5.41, 5.74) is 7.03. The Bertz CT molecular complexity index is 307. The van der Waals surface area contributed by atoms with Crippen LogP contribution < -0.4 is 10.5 Å². The first kappa shape index (κ1) is 12.1. The Balaban J connectivity index is 2.88. The summed E-state index contributed by atoms with van der Waals surface area (Å²) < 4.78 is 5.49. The molecule has 1 rings (SSSR count). The standard InChI is InChI=1S/C13H21NO/c1-4-15-12-7-5-6-11(10-12)13(2,3)8-9-14/h5-7,10H,4,8-9,14H2,1-3H3. The quantitative estimate of drug-likeness (QED) is 0.805. The zero-order valence-corrected chi connectivity index (χ0v) is 9.92. The largest absolute Gasteiger partial charge is 0.494 e. The molecule has 2 heteroatoms. The topological polar surface area (TPSA) is 35.2 Å². The van der Waals surface area contributed by atoms with Gasteiger partial charge in [-0.1, -0.05) is 26.0 Å². The number of rotatable bonds is 5. The number of benzene rings is 1. The van der Waals surface area contributed by atoms with Crippen molar-refractivity contribution in [3.63, 3.8) is 0 Å². The molecule has 0 saturated heterocycles. The van der Waals surface area contributed by atoms with E-state index >= 15 is 0 Å². The van der Waals surface area contributed by atoms with Crippen molar-refractivity contribution in [2.75, 3.05) is 13.2 Å². The van der Waals surface area contributed by atoms with Gasteiger partial charge in [-0.25, -0.2) is 0 Å². The van der Waals surface area contributed by atoms with Gasteiger partial charge in [0.05, 0.1) is 6.61 Å². The molecule has 2 N–H and O–H groups in total. The molecule has 0 aliphatic carbocycles. The minimum Gasteiger partial charge on any atom is -0.494 e. The van der Waals surface area contributed by atoms with Crippen LogP contribution in [0.5, 0.6) is 5.75 Å². The molecule has 15 heavy (non-hydrogen) atoms. The van der Waals surface area contributed by atoms with Gasteiger partial charge in [0.2, 0.25) is 0 Å². The maximum atomic E-state index is 5.62. The fourth-order valence-electron chi connectivity index (χ4n) is 1.68. The number of ether oxygens (including phenoxy) is 1. The Morgan fingerprint density at radius 2 is 2.07 bits per heavy atom. The Morgan fingerprint density at radius 3 is 2.67 bits per heavy atom. The van der Waals surface area contributed by atoms with Crippen molar-refractivity contribution in [2.45, 2.75) is 32.6 Å². The average Bonchev–Trinajstić information content (AvgIpc) is 2.19. The van der Waals surface area contributed by atoms with E-state index in [0.29, 0.717) is 13.2 Å². The molecule has 0 fully saturated rings. The van der Waals surface area contributed by atoms with Crippen molar-refractivity contribution in [3.05, 3.63) is 29.8 Å². The highest BCUT2D eigenvalue weighted by Gasteiger charge is 2.19. The third-order valence-corrected chi connectivity index (χ3v) is 2.70. The van der Waals surface area contributed by atoms with E-state index in [0.717, 1.165) is 12.2 Å². The van der Waals surface area contributed by atoms with Crippen LogP contribution in [-0.2, 0) is 5.41 Å². The smallest absolute Gasteiger partial charge is 0.119 e. The van der Waals surface area contributed by atoms with Crippen molar-refractivity contribution < 1.29 is 4.74 Å². The van der Waals surface area contributed by atoms with Crippen molar-refractivity contribution in [3.8, 4) is 5.75 Å². The molecule has 1 aromatic rings. The van der Waals surface area contributed by atoms with Crippen LogP contribution in [0.2, 0.25) is 0 Å². The first-order valence-electron chi connectivity index (χ1n) is 5.53. The Hall–Kier alpha value is -1.02. The zero-order chi connectivity index (χ0) is 11.3. The third-order valence-electron chi connectivity index (χ3n) is 2.70. The molecule has 0 amide bonds. The molecule has 0 radical (unpaired) electrons. The van der Waals surface area contributed by atoms with Crippen LogP contribution in [0.25, 0.3) is 0 Å². The number of hydrogen-bond acceptors (Lipinski definition) is 2. The Morgan fingerprint density at radius 1 is 1.33 bits per heavy atom. The fraction of sp³-hybridized carbons (Fsp3) is 0.538. The van der Waals surface area contributed by atoms with E-state index in [1.54, 1.807) is 0 Å². The van der Waals surface area contributed by atoms with Crippen LogP contribution in [0.4, 0.5) is 0 Å². The van der Waals surface area contributed by atoms with E-state index in [9.17, 15) is 0 Å². The Labute approximate surface area is 92.4 Å². The van der Waals surface area contributed by atoms with E-state index < -0.39 is 0 Å². The van der Waals surface area contributed by atoms with Gasteiger partial charge in [-0.3, -0.25) is 0 Å². The molecule has 0 atom stereocenters. The summed E-state index contributed by atoms with van der Waals surface area (Å²) in [6.07, 6.45) is 0.989. The maximum absolute atomic E-state index is 5.62. The fourth-order valence-corrected chi connectivity index (χ4v) is 1.68. The monoisotopic (exact) mass is 207 g/mol. The highest BCUT2D eigenvalue weighted by Crippen LogP contribution is 2.28. The summed E-state index contributed by atoms with van der Waals surface area (Å²) in [4.78, 5) is 0.